The van der Waals surface area contributed by atoms with E-state index >= 15 is 0 Å². The fraction of sp³-hybridized carbons (Fsp3) is 0.364. The van der Waals surface area contributed by atoms with E-state index in [-0.39, 0.29) is 12.3 Å². The van der Waals surface area contributed by atoms with E-state index < -0.39 is 6.10 Å². The summed E-state index contributed by atoms with van der Waals surface area (Å²) in [5.74, 6) is -0.0523. The second-order valence-corrected chi connectivity index (χ2v) is 4.63. The van der Waals surface area contributed by atoms with Crippen LogP contribution in [0.4, 0.5) is 0 Å². The third kappa shape index (κ3) is 2.32. The number of aliphatic hydroxyl groups is 1. The largest absolute Gasteiger partial charge is 0.391 e. The lowest BCUT2D eigenvalue weighted by Crippen LogP contribution is -2.25. The van der Waals surface area contributed by atoms with Crippen molar-refractivity contribution < 1.29 is 9.90 Å². The number of carbonyl (C=O) groups is 1. The molecule has 1 unspecified atom stereocenters. The van der Waals surface area contributed by atoms with Crippen molar-refractivity contribution >= 4 is 29.1 Å². The predicted molar refractivity (Wildman–Crippen MR) is 62.5 cm³/mol. The van der Waals surface area contributed by atoms with Gasteiger partial charge in [-0.2, -0.15) is 0 Å². The van der Waals surface area contributed by atoms with Gasteiger partial charge in [-0.15, -0.1) is 0 Å². The summed E-state index contributed by atoms with van der Waals surface area (Å²) in [7, 11) is 0. The van der Waals surface area contributed by atoms with Crippen molar-refractivity contribution in [3.8, 4) is 0 Å². The highest BCUT2D eigenvalue weighted by atomic mass is 35.5. The van der Waals surface area contributed by atoms with Crippen molar-refractivity contribution in [1.82, 2.24) is 4.90 Å². The van der Waals surface area contributed by atoms with E-state index in [1.807, 2.05) is 6.07 Å². The number of amides is 1. The Labute approximate surface area is 104 Å². The summed E-state index contributed by atoms with van der Waals surface area (Å²) in [6, 6.07) is 5.32. The summed E-state index contributed by atoms with van der Waals surface area (Å²) in [6.45, 7) is 0.761. The van der Waals surface area contributed by atoms with Gasteiger partial charge in [0, 0.05) is 13.1 Å². The predicted octanol–water partition coefficient (Wildman–Crippen LogP) is 2.09. The highest BCUT2D eigenvalue weighted by molar-refractivity contribution is 6.42. The van der Waals surface area contributed by atoms with Crippen LogP contribution in [-0.4, -0.2) is 28.6 Å². The minimum atomic E-state index is -0.564. The lowest BCUT2D eigenvalue weighted by Gasteiger charge is -2.16. The maximum Gasteiger partial charge on any atom is 0.225 e. The van der Waals surface area contributed by atoms with Crippen molar-refractivity contribution in [1.29, 1.82) is 0 Å². The molecule has 1 aliphatic heterocycles. The van der Waals surface area contributed by atoms with Crippen LogP contribution in [0.5, 0.6) is 0 Å². The Hall–Kier alpha value is -0.770. The standard InChI is InChI=1S/C11H11Cl2NO2/c12-9-3-1-2-7(11(9)13)5-14-6-8(15)4-10(14)16/h1-3,8,15H,4-6H2. The molecule has 1 fully saturated rings. The second-order valence-electron chi connectivity index (χ2n) is 3.85. The summed E-state index contributed by atoms with van der Waals surface area (Å²) in [4.78, 5) is 13.1. The third-order valence-corrected chi connectivity index (χ3v) is 3.44. The van der Waals surface area contributed by atoms with E-state index in [9.17, 15) is 9.90 Å². The van der Waals surface area contributed by atoms with Crippen LogP contribution >= 0.6 is 23.2 Å². The SMILES string of the molecule is O=C1CC(O)CN1Cc1cccc(Cl)c1Cl. The molecule has 0 bridgehead atoms. The number of carbonyl (C=O) groups excluding carboxylic acids is 1. The smallest absolute Gasteiger partial charge is 0.225 e. The molecule has 0 spiro atoms. The van der Waals surface area contributed by atoms with Gasteiger partial charge in [-0.1, -0.05) is 35.3 Å². The van der Waals surface area contributed by atoms with Gasteiger partial charge in [0.05, 0.1) is 22.6 Å². The molecule has 1 aromatic carbocycles. The van der Waals surface area contributed by atoms with Gasteiger partial charge in [-0.25, -0.2) is 0 Å². The second kappa shape index (κ2) is 4.62. The quantitative estimate of drug-likeness (QED) is 0.884. The van der Waals surface area contributed by atoms with E-state index in [0.717, 1.165) is 5.56 Å². The zero-order valence-electron chi connectivity index (χ0n) is 8.49. The molecule has 1 aromatic rings. The first kappa shape index (κ1) is 11.7. The van der Waals surface area contributed by atoms with Crippen LogP contribution in [-0.2, 0) is 11.3 Å². The Morgan fingerprint density at radius 2 is 2.19 bits per heavy atom. The first-order chi connectivity index (χ1) is 7.58. The number of benzene rings is 1. The number of rotatable bonds is 2. The van der Waals surface area contributed by atoms with Crippen molar-refractivity contribution in [3.63, 3.8) is 0 Å². The molecule has 0 radical (unpaired) electrons. The highest BCUT2D eigenvalue weighted by Gasteiger charge is 2.28. The fourth-order valence-electron chi connectivity index (χ4n) is 1.78. The first-order valence-corrected chi connectivity index (χ1v) is 5.72. The van der Waals surface area contributed by atoms with E-state index in [1.54, 1.807) is 17.0 Å². The summed E-state index contributed by atoms with van der Waals surface area (Å²) in [5, 5.41) is 10.3. The van der Waals surface area contributed by atoms with E-state index in [1.165, 1.54) is 0 Å². The van der Waals surface area contributed by atoms with Gasteiger partial charge >= 0.3 is 0 Å². The molecular formula is C11H11Cl2NO2. The molecule has 1 aliphatic rings. The van der Waals surface area contributed by atoms with Gasteiger partial charge in [0.15, 0.2) is 0 Å². The molecule has 0 saturated carbocycles. The lowest BCUT2D eigenvalue weighted by atomic mass is 10.2. The van der Waals surface area contributed by atoms with E-state index in [4.69, 9.17) is 23.2 Å². The summed E-state index contributed by atoms with van der Waals surface area (Å²) in [6.07, 6.45) is -0.372. The molecule has 5 heteroatoms. The topological polar surface area (TPSA) is 40.5 Å². The molecule has 16 heavy (non-hydrogen) atoms. The molecule has 0 aliphatic carbocycles. The zero-order valence-corrected chi connectivity index (χ0v) is 10.0. The average Bonchev–Trinajstić information content (AvgIpc) is 2.53. The van der Waals surface area contributed by atoms with Gasteiger partial charge in [-0.05, 0) is 11.6 Å². The molecule has 1 amide bonds. The molecule has 1 N–H and O–H groups in total. The van der Waals surface area contributed by atoms with Crippen LogP contribution in [0, 0.1) is 0 Å². The van der Waals surface area contributed by atoms with E-state index in [0.29, 0.717) is 23.1 Å². The lowest BCUT2D eigenvalue weighted by molar-refractivity contribution is -0.128. The monoisotopic (exact) mass is 259 g/mol. The number of halogens is 2. The highest BCUT2D eigenvalue weighted by Crippen LogP contribution is 2.27. The number of aliphatic hydroxyl groups excluding tert-OH is 1. The van der Waals surface area contributed by atoms with Gasteiger partial charge in [-0.3, -0.25) is 4.79 Å². The minimum Gasteiger partial charge on any atom is -0.391 e. The van der Waals surface area contributed by atoms with Crippen LogP contribution in [0.1, 0.15) is 12.0 Å². The van der Waals surface area contributed by atoms with E-state index in [2.05, 4.69) is 0 Å². The summed E-state index contributed by atoms with van der Waals surface area (Å²) < 4.78 is 0. The normalized spacial score (nSPS) is 20.6. The maximum absolute atomic E-state index is 11.5. The number of β-amino-alcohol motifs (C(OH)–C–C–N with tert-alkyl or cyclic N) is 1. The molecule has 86 valence electrons. The molecule has 2 rings (SSSR count). The van der Waals surface area contributed by atoms with Gasteiger partial charge in [0.1, 0.15) is 0 Å². The number of nitrogens with zero attached hydrogens (tertiary/aromatic N) is 1. The number of hydrogen-bond donors (Lipinski definition) is 1. The van der Waals surface area contributed by atoms with Crippen molar-refractivity contribution in [2.75, 3.05) is 6.54 Å². The zero-order chi connectivity index (χ0) is 11.7. The number of hydrogen-bond acceptors (Lipinski definition) is 2. The Balaban J connectivity index is 2.15. The average molecular weight is 260 g/mol. The molecule has 1 saturated heterocycles. The van der Waals surface area contributed by atoms with Gasteiger partial charge in [0.25, 0.3) is 0 Å². The van der Waals surface area contributed by atoms with Crippen LogP contribution in [0.25, 0.3) is 0 Å². The van der Waals surface area contributed by atoms with Crippen LogP contribution in [0.2, 0.25) is 10.0 Å². The Morgan fingerprint density at radius 3 is 2.81 bits per heavy atom. The first-order valence-electron chi connectivity index (χ1n) is 4.96. The van der Waals surface area contributed by atoms with Crippen molar-refractivity contribution in [2.24, 2.45) is 0 Å². The Morgan fingerprint density at radius 1 is 1.44 bits per heavy atom. The number of likely N-dealkylation sites (tertiary alicyclic amines) is 1. The van der Waals surface area contributed by atoms with Crippen LogP contribution in [0.3, 0.4) is 0 Å². The Kier molecular flexibility index (Phi) is 3.38. The molecular weight excluding hydrogens is 249 g/mol. The summed E-state index contributed by atoms with van der Waals surface area (Å²) in [5.41, 5.74) is 0.802. The summed E-state index contributed by atoms with van der Waals surface area (Å²) >= 11 is 11.9. The third-order valence-electron chi connectivity index (χ3n) is 2.59. The van der Waals surface area contributed by atoms with Gasteiger partial charge in [0.2, 0.25) is 5.91 Å². The fourth-order valence-corrected chi connectivity index (χ4v) is 2.16. The van der Waals surface area contributed by atoms with Gasteiger partial charge < -0.3 is 10.0 Å². The Bertz CT molecular complexity index is 422. The molecule has 0 aromatic heterocycles. The van der Waals surface area contributed by atoms with Crippen LogP contribution < -0.4 is 0 Å². The maximum atomic E-state index is 11.5. The van der Waals surface area contributed by atoms with Crippen molar-refractivity contribution in [3.05, 3.63) is 33.8 Å². The van der Waals surface area contributed by atoms with Crippen molar-refractivity contribution in [2.45, 2.75) is 19.1 Å². The molecule has 1 heterocycles. The molecule has 3 nitrogen and oxygen atoms in total. The minimum absolute atomic E-state index is 0.0523. The van der Waals surface area contributed by atoms with Crippen LogP contribution in [0.15, 0.2) is 18.2 Å². The molecule has 1 atom stereocenters.